The van der Waals surface area contributed by atoms with E-state index in [1.165, 1.54) is 18.2 Å². The summed E-state index contributed by atoms with van der Waals surface area (Å²) >= 11 is 5.72. The van der Waals surface area contributed by atoms with Crippen molar-refractivity contribution in [3.05, 3.63) is 23.2 Å². The van der Waals surface area contributed by atoms with Gasteiger partial charge in [0, 0.05) is 17.7 Å². The minimum atomic E-state index is -3.06. The van der Waals surface area contributed by atoms with Gasteiger partial charge in [-0.1, -0.05) is 11.6 Å². The van der Waals surface area contributed by atoms with Crippen molar-refractivity contribution in [1.82, 2.24) is 0 Å². The van der Waals surface area contributed by atoms with Crippen molar-refractivity contribution >= 4 is 33.0 Å². The molecule has 5 nitrogen and oxygen atoms in total. The molecule has 0 aromatic heterocycles. The number of nitrogens with one attached hydrogen (secondary N) is 1. The number of carbonyl (C=O) groups is 1. The topological polar surface area (TPSA) is 83.5 Å². The molecule has 0 atom stereocenters. The van der Waals surface area contributed by atoms with E-state index in [4.69, 9.17) is 11.6 Å². The Morgan fingerprint density at radius 2 is 2.11 bits per heavy atom. The van der Waals surface area contributed by atoms with E-state index in [0.717, 1.165) is 6.26 Å². The third kappa shape index (κ3) is 5.37. The SMILES string of the molecule is CS(=O)(=O)CCCC(=O)Nc1cc(Cl)ccc1O. The van der Waals surface area contributed by atoms with Crippen LogP contribution in [0.15, 0.2) is 18.2 Å². The Labute approximate surface area is 111 Å². The monoisotopic (exact) mass is 291 g/mol. The predicted octanol–water partition coefficient (Wildman–Crippen LogP) is 1.81. The first-order chi connectivity index (χ1) is 8.28. The number of aromatic hydroxyl groups is 1. The van der Waals surface area contributed by atoms with E-state index >= 15 is 0 Å². The van der Waals surface area contributed by atoms with Crippen molar-refractivity contribution in [2.24, 2.45) is 0 Å². The summed E-state index contributed by atoms with van der Waals surface area (Å²) in [6.07, 6.45) is 1.43. The maximum absolute atomic E-state index is 11.5. The van der Waals surface area contributed by atoms with Gasteiger partial charge in [-0.15, -0.1) is 0 Å². The Bertz CT molecular complexity index is 542. The third-order valence-electron chi connectivity index (χ3n) is 2.15. The van der Waals surface area contributed by atoms with Gasteiger partial charge in [0.1, 0.15) is 15.6 Å². The minimum Gasteiger partial charge on any atom is -0.506 e. The summed E-state index contributed by atoms with van der Waals surface area (Å²) in [7, 11) is -3.06. The van der Waals surface area contributed by atoms with Crippen LogP contribution in [0, 0.1) is 0 Å². The van der Waals surface area contributed by atoms with Crippen LogP contribution in [0.25, 0.3) is 0 Å². The molecule has 0 fully saturated rings. The molecule has 1 rings (SSSR count). The fourth-order valence-corrected chi connectivity index (χ4v) is 2.16. The second-order valence-electron chi connectivity index (χ2n) is 3.94. The van der Waals surface area contributed by atoms with Gasteiger partial charge in [-0.05, 0) is 24.6 Å². The van der Waals surface area contributed by atoms with E-state index in [1.807, 2.05) is 0 Å². The van der Waals surface area contributed by atoms with Crippen LogP contribution in [0.2, 0.25) is 5.02 Å². The highest BCUT2D eigenvalue weighted by Gasteiger charge is 2.09. The molecule has 0 spiro atoms. The van der Waals surface area contributed by atoms with E-state index in [-0.39, 0.29) is 35.9 Å². The molecule has 0 saturated carbocycles. The first kappa shape index (κ1) is 14.8. The van der Waals surface area contributed by atoms with Crippen molar-refractivity contribution < 1.29 is 18.3 Å². The molecule has 100 valence electrons. The fourth-order valence-electron chi connectivity index (χ4n) is 1.32. The first-order valence-electron chi connectivity index (χ1n) is 5.24. The summed E-state index contributed by atoms with van der Waals surface area (Å²) in [6, 6.07) is 4.29. The normalized spacial score (nSPS) is 11.2. The lowest BCUT2D eigenvalue weighted by atomic mass is 10.2. The van der Waals surface area contributed by atoms with Crippen LogP contribution in [-0.2, 0) is 14.6 Å². The highest BCUT2D eigenvalue weighted by atomic mass is 35.5. The van der Waals surface area contributed by atoms with Gasteiger partial charge >= 0.3 is 0 Å². The number of sulfone groups is 1. The molecule has 0 bridgehead atoms. The summed E-state index contributed by atoms with van der Waals surface area (Å²) in [4.78, 5) is 11.5. The second-order valence-corrected chi connectivity index (χ2v) is 6.64. The van der Waals surface area contributed by atoms with Crippen molar-refractivity contribution in [2.45, 2.75) is 12.8 Å². The number of halogens is 1. The smallest absolute Gasteiger partial charge is 0.224 e. The van der Waals surface area contributed by atoms with Crippen LogP contribution in [0.4, 0.5) is 5.69 Å². The predicted molar refractivity (Wildman–Crippen MR) is 70.7 cm³/mol. The van der Waals surface area contributed by atoms with Gasteiger partial charge < -0.3 is 10.4 Å². The standard InChI is InChI=1S/C11H14ClNO4S/c1-18(16,17)6-2-3-11(15)13-9-7-8(12)4-5-10(9)14/h4-5,7,14H,2-3,6H2,1H3,(H,13,15). The molecule has 0 saturated heterocycles. The Hall–Kier alpha value is -1.27. The van der Waals surface area contributed by atoms with E-state index in [0.29, 0.717) is 5.02 Å². The van der Waals surface area contributed by atoms with Gasteiger partial charge in [0.2, 0.25) is 5.91 Å². The number of anilines is 1. The molecule has 7 heteroatoms. The highest BCUT2D eigenvalue weighted by Crippen LogP contribution is 2.26. The van der Waals surface area contributed by atoms with Crippen LogP contribution in [0.3, 0.4) is 0 Å². The molecular weight excluding hydrogens is 278 g/mol. The zero-order valence-electron chi connectivity index (χ0n) is 9.81. The zero-order valence-corrected chi connectivity index (χ0v) is 11.4. The number of rotatable bonds is 5. The maximum atomic E-state index is 11.5. The van der Waals surface area contributed by atoms with E-state index in [1.54, 1.807) is 0 Å². The number of benzene rings is 1. The number of amides is 1. The molecule has 18 heavy (non-hydrogen) atoms. The first-order valence-corrected chi connectivity index (χ1v) is 7.68. The average Bonchev–Trinajstić information content (AvgIpc) is 2.21. The van der Waals surface area contributed by atoms with E-state index < -0.39 is 9.84 Å². The van der Waals surface area contributed by atoms with Crippen LogP contribution >= 0.6 is 11.6 Å². The molecule has 0 aliphatic heterocycles. The van der Waals surface area contributed by atoms with Crippen molar-refractivity contribution in [1.29, 1.82) is 0 Å². The summed E-state index contributed by atoms with van der Waals surface area (Å²) in [5, 5.41) is 12.3. The minimum absolute atomic E-state index is 0.0397. The lowest BCUT2D eigenvalue weighted by molar-refractivity contribution is -0.116. The van der Waals surface area contributed by atoms with Gasteiger partial charge in [-0.25, -0.2) is 8.42 Å². The summed E-state index contributed by atoms with van der Waals surface area (Å²) in [5.74, 6) is -0.492. The lowest BCUT2D eigenvalue weighted by Gasteiger charge is -2.07. The van der Waals surface area contributed by atoms with Crippen LogP contribution in [-0.4, -0.2) is 31.4 Å². The van der Waals surface area contributed by atoms with Gasteiger partial charge in [0.05, 0.1) is 11.4 Å². The van der Waals surface area contributed by atoms with Crippen LogP contribution < -0.4 is 5.32 Å². The quantitative estimate of drug-likeness (QED) is 0.811. The molecule has 0 aliphatic rings. The molecule has 2 N–H and O–H groups in total. The molecule has 0 radical (unpaired) electrons. The molecule has 1 aromatic carbocycles. The third-order valence-corrected chi connectivity index (χ3v) is 3.42. The van der Waals surface area contributed by atoms with Gasteiger partial charge in [0.25, 0.3) is 0 Å². The highest BCUT2D eigenvalue weighted by molar-refractivity contribution is 7.90. The summed E-state index contributed by atoms with van der Waals surface area (Å²) in [5.41, 5.74) is 0.215. The summed E-state index contributed by atoms with van der Waals surface area (Å²) in [6.45, 7) is 0. The molecular formula is C11H14ClNO4S. The molecule has 0 heterocycles. The molecule has 0 unspecified atom stereocenters. The number of carbonyl (C=O) groups excluding carboxylic acids is 1. The Balaban J connectivity index is 2.52. The number of phenols is 1. The van der Waals surface area contributed by atoms with Crippen molar-refractivity contribution in [2.75, 3.05) is 17.3 Å². The average molecular weight is 292 g/mol. The van der Waals surface area contributed by atoms with Crippen LogP contribution in [0.5, 0.6) is 5.75 Å². The molecule has 1 amide bonds. The van der Waals surface area contributed by atoms with E-state index in [2.05, 4.69) is 5.32 Å². The van der Waals surface area contributed by atoms with Crippen molar-refractivity contribution in [3.63, 3.8) is 0 Å². The van der Waals surface area contributed by atoms with Gasteiger partial charge in [-0.3, -0.25) is 4.79 Å². The van der Waals surface area contributed by atoms with Crippen LogP contribution in [0.1, 0.15) is 12.8 Å². The second kappa shape index (κ2) is 6.06. The number of hydrogen-bond donors (Lipinski definition) is 2. The lowest BCUT2D eigenvalue weighted by Crippen LogP contribution is -2.13. The van der Waals surface area contributed by atoms with E-state index in [9.17, 15) is 18.3 Å². The molecule has 1 aromatic rings. The zero-order chi connectivity index (χ0) is 13.8. The van der Waals surface area contributed by atoms with Crippen molar-refractivity contribution in [3.8, 4) is 5.75 Å². The maximum Gasteiger partial charge on any atom is 0.224 e. The number of phenolic OH excluding ortho intramolecular Hbond substituents is 1. The Morgan fingerprint density at radius 1 is 1.44 bits per heavy atom. The number of hydrogen-bond acceptors (Lipinski definition) is 4. The van der Waals surface area contributed by atoms with Gasteiger partial charge in [0.15, 0.2) is 0 Å². The Kier molecular flexibility index (Phi) is 4.98. The Morgan fingerprint density at radius 3 is 2.72 bits per heavy atom. The molecule has 0 aliphatic carbocycles. The largest absolute Gasteiger partial charge is 0.506 e. The summed E-state index contributed by atoms with van der Waals surface area (Å²) < 4.78 is 21.8. The van der Waals surface area contributed by atoms with Gasteiger partial charge in [-0.2, -0.15) is 0 Å². The fraction of sp³-hybridized carbons (Fsp3) is 0.364.